The zero-order chi connectivity index (χ0) is 13.8. The van der Waals surface area contributed by atoms with Gasteiger partial charge in [-0.05, 0) is 56.9 Å². The second-order valence-electron chi connectivity index (χ2n) is 5.29. The topological polar surface area (TPSA) is 20.3 Å². The van der Waals surface area contributed by atoms with E-state index in [0.29, 0.717) is 0 Å². The molecule has 1 amide bonds. The molecule has 0 atom stereocenters. The van der Waals surface area contributed by atoms with Crippen molar-refractivity contribution in [2.75, 3.05) is 13.1 Å². The highest BCUT2D eigenvalue weighted by molar-refractivity contribution is 9.10. The van der Waals surface area contributed by atoms with Gasteiger partial charge in [-0.15, -0.1) is 0 Å². The first-order valence-corrected chi connectivity index (χ1v) is 7.58. The molecule has 1 heterocycles. The maximum atomic E-state index is 12.5. The maximum absolute atomic E-state index is 12.5. The fourth-order valence-electron chi connectivity index (χ4n) is 2.34. The minimum Gasteiger partial charge on any atom is -0.339 e. The van der Waals surface area contributed by atoms with Crippen LogP contribution >= 0.6 is 15.9 Å². The first-order chi connectivity index (χ1) is 9.08. The molecule has 0 bridgehead atoms. The number of hydrogen-bond donors (Lipinski definition) is 0. The monoisotopic (exact) mass is 321 g/mol. The van der Waals surface area contributed by atoms with Gasteiger partial charge in [-0.3, -0.25) is 4.79 Å². The zero-order valence-electron chi connectivity index (χ0n) is 11.6. The predicted molar refractivity (Wildman–Crippen MR) is 82.4 cm³/mol. The Hall–Kier alpha value is -1.09. The molecule has 1 saturated heterocycles. The molecule has 102 valence electrons. The molecule has 0 aromatic heterocycles. The van der Waals surface area contributed by atoms with Crippen molar-refractivity contribution in [2.45, 2.75) is 33.1 Å². The van der Waals surface area contributed by atoms with Crippen LogP contribution in [0.1, 0.15) is 42.6 Å². The van der Waals surface area contributed by atoms with E-state index in [4.69, 9.17) is 0 Å². The van der Waals surface area contributed by atoms with Crippen molar-refractivity contribution in [3.8, 4) is 0 Å². The van der Waals surface area contributed by atoms with Crippen molar-refractivity contribution in [3.05, 3.63) is 45.4 Å². The lowest BCUT2D eigenvalue weighted by Gasteiger charge is -2.17. The third kappa shape index (κ3) is 3.69. The molecule has 0 aliphatic carbocycles. The van der Waals surface area contributed by atoms with E-state index in [1.807, 2.05) is 17.0 Å². The van der Waals surface area contributed by atoms with Gasteiger partial charge in [0.1, 0.15) is 0 Å². The highest BCUT2D eigenvalue weighted by atomic mass is 79.9. The molecule has 0 unspecified atom stereocenters. The van der Waals surface area contributed by atoms with Crippen molar-refractivity contribution < 1.29 is 4.79 Å². The Morgan fingerprint density at radius 2 is 2.00 bits per heavy atom. The molecule has 0 spiro atoms. The van der Waals surface area contributed by atoms with E-state index in [1.165, 1.54) is 5.57 Å². The summed E-state index contributed by atoms with van der Waals surface area (Å²) >= 11 is 3.49. The summed E-state index contributed by atoms with van der Waals surface area (Å²) in [5, 5.41) is 0. The van der Waals surface area contributed by atoms with Crippen LogP contribution in [0.25, 0.3) is 0 Å². The fraction of sp³-hybridized carbons (Fsp3) is 0.438. The average Bonchev–Trinajstić information content (AvgIpc) is 2.89. The van der Waals surface area contributed by atoms with Crippen molar-refractivity contribution in [3.63, 3.8) is 0 Å². The van der Waals surface area contributed by atoms with Crippen molar-refractivity contribution >= 4 is 21.8 Å². The summed E-state index contributed by atoms with van der Waals surface area (Å²) in [6.07, 6.45) is 5.25. The fourth-order valence-corrected chi connectivity index (χ4v) is 2.75. The molecule has 1 aromatic carbocycles. The molecular weight excluding hydrogens is 302 g/mol. The van der Waals surface area contributed by atoms with E-state index in [9.17, 15) is 4.79 Å². The summed E-state index contributed by atoms with van der Waals surface area (Å²) in [5.74, 6) is 0.183. The summed E-state index contributed by atoms with van der Waals surface area (Å²) in [6.45, 7) is 5.97. The van der Waals surface area contributed by atoms with Gasteiger partial charge in [0.25, 0.3) is 5.91 Å². The number of nitrogens with zero attached hydrogens (tertiary/aromatic N) is 1. The Morgan fingerprint density at radius 3 is 2.63 bits per heavy atom. The number of amides is 1. The summed E-state index contributed by atoms with van der Waals surface area (Å²) < 4.78 is 1.03. The van der Waals surface area contributed by atoms with E-state index in [1.54, 1.807) is 0 Å². The molecule has 1 aromatic rings. The van der Waals surface area contributed by atoms with Crippen molar-refractivity contribution in [2.24, 2.45) is 0 Å². The van der Waals surface area contributed by atoms with Crippen molar-refractivity contribution in [1.82, 2.24) is 4.90 Å². The summed E-state index contributed by atoms with van der Waals surface area (Å²) in [7, 11) is 0. The van der Waals surface area contributed by atoms with Crippen LogP contribution < -0.4 is 0 Å². The van der Waals surface area contributed by atoms with E-state index in [-0.39, 0.29) is 5.91 Å². The van der Waals surface area contributed by atoms with E-state index in [0.717, 1.165) is 48.0 Å². The van der Waals surface area contributed by atoms with Gasteiger partial charge in [-0.25, -0.2) is 0 Å². The molecule has 1 aliphatic heterocycles. The van der Waals surface area contributed by atoms with Gasteiger partial charge in [-0.1, -0.05) is 27.6 Å². The summed E-state index contributed by atoms with van der Waals surface area (Å²) in [6, 6.07) is 5.96. The Bertz CT molecular complexity index is 497. The molecule has 0 N–H and O–H groups in total. The van der Waals surface area contributed by atoms with E-state index < -0.39 is 0 Å². The van der Waals surface area contributed by atoms with Crippen LogP contribution in [0, 0.1) is 0 Å². The first kappa shape index (κ1) is 14.3. The van der Waals surface area contributed by atoms with Crippen LogP contribution in [0.4, 0.5) is 0 Å². The molecule has 2 rings (SSSR count). The van der Waals surface area contributed by atoms with Gasteiger partial charge in [0.15, 0.2) is 0 Å². The number of allylic oxidation sites excluding steroid dienone is 2. The van der Waals surface area contributed by atoms with Crippen LogP contribution in [0.5, 0.6) is 0 Å². The smallest absolute Gasteiger partial charge is 0.254 e. The second kappa shape index (κ2) is 6.38. The van der Waals surface area contributed by atoms with Gasteiger partial charge in [0.05, 0.1) is 0 Å². The number of carbonyl (C=O) groups excluding carboxylic acids is 1. The molecular formula is C16H20BrNO. The number of hydrogen-bond acceptors (Lipinski definition) is 1. The third-order valence-corrected chi connectivity index (χ3v) is 3.91. The third-order valence-electron chi connectivity index (χ3n) is 3.42. The second-order valence-corrected chi connectivity index (χ2v) is 6.20. The highest BCUT2D eigenvalue weighted by Gasteiger charge is 2.21. The zero-order valence-corrected chi connectivity index (χ0v) is 13.2. The van der Waals surface area contributed by atoms with Gasteiger partial charge in [0, 0.05) is 23.1 Å². The lowest BCUT2D eigenvalue weighted by molar-refractivity contribution is 0.0792. The number of carbonyl (C=O) groups is 1. The van der Waals surface area contributed by atoms with Gasteiger partial charge < -0.3 is 4.90 Å². The average molecular weight is 322 g/mol. The summed E-state index contributed by atoms with van der Waals surface area (Å²) in [4.78, 5) is 14.5. The largest absolute Gasteiger partial charge is 0.339 e. The van der Waals surface area contributed by atoms with Crippen LogP contribution in [0.15, 0.2) is 34.3 Å². The Labute approximate surface area is 123 Å². The van der Waals surface area contributed by atoms with E-state index in [2.05, 4.69) is 41.9 Å². The SMILES string of the molecule is CC(C)=CCc1cc(Br)ccc1C(=O)N1CCCC1. The molecule has 19 heavy (non-hydrogen) atoms. The standard InChI is InChI=1S/C16H20BrNO/c1-12(2)5-6-13-11-14(17)7-8-15(13)16(19)18-9-3-4-10-18/h5,7-8,11H,3-4,6,9-10H2,1-2H3. The normalized spacial score (nSPS) is 14.6. The minimum atomic E-state index is 0.183. The lowest BCUT2D eigenvalue weighted by atomic mass is 10.0. The molecule has 0 saturated carbocycles. The number of benzene rings is 1. The number of halogens is 1. The molecule has 0 radical (unpaired) electrons. The predicted octanol–water partition coefficient (Wildman–Crippen LogP) is 4.19. The summed E-state index contributed by atoms with van der Waals surface area (Å²) in [5.41, 5.74) is 3.23. The minimum absolute atomic E-state index is 0.183. The highest BCUT2D eigenvalue weighted by Crippen LogP contribution is 2.21. The van der Waals surface area contributed by atoms with Gasteiger partial charge >= 0.3 is 0 Å². The van der Waals surface area contributed by atoms with Gasteiger partial charge in [0.2, 0.25) is 0 Å². The van der Waals surface area contributed by atoms with Crippen LogP contribution in [0.3, 0.4) is 0 Å². The lowest BCUT2D eigenvalue weighted by Crippen LogP contribution is -2.28. The van der Waals surface area contributed by atoms with Crippen LogP contribution in [-0.2, 0) is 6.42 Å². The Kier molecular flexibility index (Phi) is 4.81. The molecule has 1 fully saturated rings. The molecule has 2 nitrogen and oxygen atoms in total. The van der Waals surface area contributed by atoms with E-state index >= 15 is 0 Å². The first-order valence-electron chi connectivity index (χ1n) is 6.79. The van der Waals surface area contributed by atoms with Gasteiger partial charge in [-0.2, -0.15) is 0 Å². The Morgan fingerprint density at radius 1 is 1.32 bits per heavy atom. The Balaban J connectivity index is 2.27. The molecule has 1 aliphatic rings. The van der Waals surface area contributed by atoms with Crippen LogP contribution in [-0.4, -0.2) is 23.9 Å². The maximum Gasteiger partial charge on any atom is 0.254 e. The van der Waals surface area contributed by atoms with Crippen LogP contribution in [0.2, 0.25) is 0 Å². The number of likely N-dealkylation sites (tertiary alicyclic amines) is 1. The number of rotatable bonds is 3. The quantitative estimate of drug-likeness (QED) is 0.764. The van der Waals surface area contributed by atoms with Crippen molar-refractivity contribution in [1.29, 1.82) is 0 Å². The molecule has 3 heteroatoms.